The van der Waals surface area contributed by atoms with Gasteiger partial charge in [-0.1, -0.05) is 107 Å². The largest absolute Gasteiger partial charge is 0.309 e. The van der Waals surface area contributed by atoms with Crippen LogP contribution in [0.4, 0.5) is 0 Å². The van der Waals surface area contributed by atoms with Crippen molar-refractivity contribution >= 4 is 43.6 Å². The Morgan fingerprint density at radius 2 is 0.817 bits per heavy atom. The monoisotopic (exact) mass is 772 g/mol. The van der Waals surface area contributed by atoms with Gasteiger partial charge >= 0.3 is 0 Å². The summed E-state index contributed by atoms with van der Waals surface area (Å²) in [6.07, 6.45) is 3.89. The molecule has 0 fully saturated rings. The summed E-state index contributed by atoms with van der Waals surface area (Å²) in [5, 5.41) is 4.90. The van der Waals surface area contributed by atoms with E-state index in [2.05, 4.69) is 158 Å². The normalized spacial score (nSPS) is 11.7. The molecular weight excluding hydrogens is 733 g/mol. The molecule has 0 amide bonds. The first-order chi connectivity index (χ1) is 29.4. The van der Waals surface area contributed by atoms with Crippen LogP contribution < -0.4 is 0 Å². The number of hydrogen-bond donors (Lipinski definition) is 0. The van der Waals surface area contributed by atoms with Crippen molar-refractivity contribution in [3.8, 4) is 56.7 Å². The number of hydrogen-bond acceptors (Lipinski definition) is 4. The highest BCUT2D eigenvalue weighted by molar-refractivity contribution is 6.11. The molecule has 60 heavy (non-hydrogen) atoms. The highest BCUT2D eigenvalue weighted by Gasteiger charge is 2.23. The van der Waals surface area contributed by atoms with Gasteiger partial charge in [-0.05, 0) is 106 Å². The lowest BCUT2D eigenvalue weighted by molar-refractivity contribution is 1.07. The average molecular weight is 773 g/mol. The van der Waals surface area contributed by atoms with Crippen molar-refractivity contribution in [2.24, 2.45) is 0 Å². The number of pyridine rings is 1. The van der Waals surface area contributed by atoms with E-state index in [-0.39, 0.29) is 0 Å². The second kappa shape index (κ2) is 14.0. The van der Waals surface area contributed by atoms with Crippen molar-refractivity contribution in [1.29, 1.82) is 0 Å². The quantitative estimate of drug-likeness (QED) is 0.169. The molecule has 0 atom stereocenters. The molecule has 0 spiro atoms. The zero-order valence-corrected chi connectivity index (χ0v) is 33.8. The minimum atomic E-state index is 0.584. The number of rotatable bonds is 6. The molecule has 0 unspecified atom stereocenters. The summed E-state index contributed by atoms with van der Waals surface area (Å²) < 4.78 is 4.78. The minimum Gasteiger partial charge on any atom is -0.309 e. The van der Waals surface area contributed by atoms with Crippen LogP contribution in [0, 0.1) is 27.7 Å². The molecule has 0 aliphatic rings. The SMILES string of the molecule is Cc1ccc2c(c1)c1cc(C)ccc1n2-c1ccc(-c2nc(-c3ccccc3)nc(-c3ccccc3)n2)c(-c2cnccc2-n2c3ccc(C)cc3c3cc(C)ccc32)c1. The van der Waals surface area contributed by atoms with Gasteiger partial charge in [-0.3, -0.25) is 4.98 Å². The zero-order valence-electron chi connectivity index (χ0n) is 33.8. The van der Waals surface area contributed by atoms with E-state index in [1.807, 2.05) is 48.8 Å². The number of nitrogens with zero attached hydrogens (tertiary/aromatic N) is 6. The Morgan fingerprint density at radius 3 is 1.30 bits per heavy atom. The standard InChI is InChI=1S/C54H40N6/c1-33-15-21-47-42(27-33)43-28-34(2)16-22-48(43)59(47)39-19-20-40(54-57-52(37-11-7-5-8-12-37)56-53(58-54)38-13-9-6-10-14-38)41(31-39)46-32-55-26-25-51(46)60-49-23-17-35(3)29-44(49)45-30-36(4)18-24-50(45)60/h5-32H,1-4H3. The molecule has 0 aliphatic heterocycles. The first-order valence-corrected chi connectivity index (χ1v) is 20.4. The lowest BCUT2D eigenvalue weighted by Gasteiger charge is -2.18. The molecule has 286 valence electrons. The Balaban J connectivity index is 1.24. The molecule has 0 radical (unpaired) electrons. The van der Waals surface area contributed by atoms with Crippen molar-refractivity contribution in [2.75, 3.05) is 0 Å². The summed E-state index contributed by atoms with van der Waals surface area (Å²) in [4.78, 5) is 20.4. The predicted molar refractivity (Wildman–Crippen MR) is 247 cm³/mol. The van der Waals surface area contributed by atoms with Crippen LogP contribution in [0.15, 0.2) is 170 Å². The molecule has 11 rings (SSSR count). The first kappa shape index (κ1) is 35.5. The van der Waals surface area contributed by atoms with Gasteiger partial charge in [-0.2, -0.15) is 0 Å². The van der Waals surface area contributed by atoms with Gasteiger partial charge in [0, 0.05) is 61.9 Å². The Hall–Kier alpha value is -7.70. The topological polar surface area (TPSA) is 61.4 Å². The number of fused-ring (bicyclic) bond motifs is 6. The Kier molecular flexibility index (Phi) is 8.27. The Morgan fingerprint density at radius 1 is 0.367 bits per heavy atom. The average Bonchev–Trinajstić information content (AvgIpc) is 3.77. The van der Waals surface area contributed by atoms with Gasteiger partial charge < -0.3 is 9.13 Å². The molecule has 0 N–H and O–H groups in total. The molecule has 6 heteroatoms. The molecule has 0 bridgehead atoms. The fourth-order valence-electron chi connectivity index (χ4n) is 8.85. The van der Waals surface area contributed by atoms with Crippen LogP contribution in [-0.4, -0.2) is 29.1 Å². The van der Waals surface area contributed by atoms with Crippen LogP contribution >= 0.6 is 0 Å². The van der Waals surface area contributed by atoms with Gasteiger partial charge in [0.2, 0.25) is 0 Å². The van der Waals surface area contributed by atoms with Crippen molar-refractivity contribution in [2.45, 2.75) is 27.7 Å². The summed E-state index contributed by atoms with van der Waals surface area (Å²) in [5.41, 5.74) is 16.2. The first-order valence-electron chi connectivity index (χ1n) is 20.4. The van der Waals surface area contributed by atoms with E-state index in [0.29, 0.717) is 17.5 Å². The second-order valence-electron chi connectivity index (χ2n) is 15.9. The molecule has 4 aromatic heterocycles. The maximum Gasteiger partial charge on any atom is 0.164 e. The summed E-state index contributed by atoms with van der Waals surface area (Å²) in [7, 11) is 0. The van der Waals surface area contributed by atoms with Gasteiger partial charge in [0.1, 0.15) is 0 Å². The van der Waals surface area contributed by atoms with E-state index < -0.39 is 0 Å². The van der Waals surface area contributed by atoms with Gasteiger partial charge in [0.05, 0.1) is 27.8 Å². The molecule has 7 aromatic carbocycles. The van der Waals surface area contributed by atoms with Crippen LogP contribution in [0.25, 0.3) is 100 Å². The maximum absolute atomic E-state index is 5.25. The Labute approximate surface area is 348 Å². The van der Waals surface area contributed by atoms with E-state index in [1.165, 1.54) is 43.8 Å². The third kappa shape index (κ3) is 5.87. The third-order valence-corrected chi connectivity index (χ3v) is 11.7. The van der Waals surface area contributed by atoms with Crippen LogP contribution in [-0.2, 0) is 0 Å². The summed E-state index contributed by atoms with van der Waals surface area (Å²) in [5.74, 6) is 1.81. The summed E-state index contributed by atoms with van der Waals surface area (Å²) >= 11 is 0. The highest BCUT2D eigenvalue weighted by atomic mass is 15.0. The molecule has 11 aromatic rings. The molecule has 0 aliphatic carbocycles. The van der Waals surface area contributed by atoms with E-state index in [4.69, 9.17) is 19.9 Å². The van der Waals surface area contributed by atoms with Crippen molar-refractivity contribution in [1.82, 2.24) is 29.1 Å². The van der Waals surface area contributed by atoms with Gasteiger partial charge in [0.15, 0.2) is 17.5 Å². The van der Waals surface area contributed by atoms with Crippen LogP contribution in [0.1, 0.15) is 22.3 Å². The smallest absolute Gasteiger partial charge is 0.164 e. The number of aromatic nitrogens is 6. The summed E-state index contributed by atoms with van der Waals surface area (Å²) in [6, 6.07) is 56.1. The van der Waals surface area contributed by atoms with Gasteiger partial charge in [0.25, 0.3) is 0 Å². The maximum atomic E-state index is 5.25. The fraction of sp³-hybridized carbons (Fsp3) is 0.0741. The number of aryl methyl sites for hydroxylation is 4. The second-order valence-corrected chi connectivity index (χ2v) is 15.9. The van der Waals surface area contributed by atoms with E-state index >= 15 is 0 Å². The summed E-state index contributed by atoms with van der Waals surface area (Å²) in [6.45, 7) is 8.64. The fourth-order valence-corrected chi connectivity index (χ4v) is 8.85. The van der Waals surface area contributed by atoms with Crippen LogP contribution in [0.3, 0.4) is 0 Å². The van der Waals surface area contributed by atoms with Crippen LogP contribution in [0.5, 0.6) is 0 Å². The van der Waals surface area contributed by atoms with E-state index in [1.54, 1.807) is 0 Å². The number of benzene rings is 7. The lowest BCUT2D eigenvalue weighted by Crippen LogP contribution is -2.04. The van der Waals surface area contributed by atoms with Crippen molar-refractivity contribution in [3.05, 3.63) is 192 Å². The van der Waals surface area contributed by atoms with Crippen molar-refractivity contribution < 1.29 is 0 Å². The zero-order chi connectivity index (χ0) is 40.5. The highest BCUT2D eigenvalue weighted by Crippen LogP contribution is 2.42. The van der Waals surface area contributed by atoms with Crippen molar-refractivity contribution in [3.63, 3.8) is 0 Å². The third-order valence-electron chi connectivity index (χ3n) is 11.7. The molecule has 0 saturated carbocycles. The molecular formula is C54H40N6. The Bertz CT molecular complexity index is 3290. The lowest BCUT2D eigenvalue weighted by atomic mass is 9.97. The minimum absolute atomic E-state index is 0.584. The molecule has 6 nitrogen and oxygen atoms in total. The van der Waals surface area contributed by atoms with E-state index in [0.717, 1.165) is 61.3 Å². The van der Waals surface area contributed by atoms with Gasteiger partial charge in [-0.15, -0.1) is 0 Å². The van der Waals surface area contributed by atoms with E-state index in [9.17, 15) is 0 Å². The molecule has 0 saturated heterocycles. The van der Waals surface area contributed by atoms with Gasteiger partial charge in [-0.25, -0.2) is 15.0 Å². The molecule has 4 heterocycles. The predicted octanol–water partition coefficient (Wildman–Crippen LogP) is 13.4. The van der Waals surface area contributed by atoms with Crippen LogP contribution in [0.2, 0.25) is 0 Å².